The Hall–Kier alpha value is -2.64. The van der Waals surface area contributed by atoms with Crippen molar-refractivity contribution < 1.29 is 28.5 Å². The highest BCUT2D eigenvalue weighted by molar-refractivity contribution is 5.95. The third-order valence-electron chi connectivity index (χ3n) is 4.22. The van der Waals surface area contributed by atoms with Crippen LogP contribution in [0.15, 0.2) is 12.1 Å². The summed E-state index contributed by atoms with van der Waals surface area (Å²) in [6.07, 6.45) is 1.14. The van der Waals surface area contributed by atoms with Gasteiger partial charge in [0.1, 0.15) is 0 Å². The molecule has 26 heavy (non-hydrogen) atoms. The zero-order chi connectivity index (χ0) is 19.1. The van der Waals surface area contributed by atoms with Crippen molar-refractivity contribution in [3.8, 4) is 17.2 Å². The lowest BCUT2D eigenvalue weighted by molar-refractivity contribution is 0.0685. The van der Waals surface area contributed by atoms with E-state index in [2.05, 4.69) is 5.32 Å². The zero-order valence-electron chi connectivity index (χ0n) is 15.7. The summed E-state index contributed by atoms with van der Waals surface area (Å²) in [5.74, 6) is 1.13. The Morgan fingerprint density at radius 3 is 2.35 bits per heavy atom. The van der Waals surface area contributed by atoms with Gasteiger partial charge in [-0.3, -0.25) is 4.79 Å². The molecule has 1 heterocycles. The molecule has 8 nitrogen and oxygen atoms in total. The number of nitrogens with zero attached hydrogens (tertiary/aromatic N) is 1. The first-order valence-electron chi connectivity index (χ1n) is 8.56. The van der Waals surface area contributed by atoms with Crippen LogP contribution in [0.1, 0.15) is 30.1 Å². The van der Waals surface area contributed by atoms with Crippen LogP contribution in [0.3, 0.4) is 0 Å². The molecule has 1 aliphatic rings. The smallest absolute Gasteiger partial charge is 0.407 e. The molecule has 1 fully saturated rings. The fourth-order valence-corrected chi connectivity index (χ4v) is 3.01. The molecule has 144 valence electrons. The summed E-state index contributed by atoms with van der Waals surface area (Å²) in [4.78, 5) is 26.2. The molecule has 0 bridgehead atoms. The predicted octanol–water partition coefficient (Wildman–Crippen LogP) is 2.06. The van der Waals surface area contributed by atoms with E-state index in [1.54, 1.807) is 24.0 Å². The van der Waals surface area contributed by atoms with Gasteiger partial charge >= 0.3 is 6.09 Å². The van der Waals surface area contributed by atoms with E-state index in [1.165, 1.54) is 21.3 Å². The number of carbonyl (C=O) groups is 2. The van der Waals surface area contributed by atoms with Crippen molar-refractivity contribution in [3.05, 3.63) is 17.7 Å². The van der Waals surface area contributed by atoms with E-state index < -0.39 is 6.09 Å². The molecule has 0 radical (unpaired) electrons. The summed E-state index contributed by atoms with van der Waals surface area (Å²) in [5, 5.41) is 2.80. The van der Waals surface area contributed by atoms with Crippen LogP contribution in [-0.2, 0) is 4.74 Å². The van der Waals surface area contributed by atoms with Crippen molar-refractivity contribution in [2.75, 3.05) is 41.0 Å². The molecule has 0 aliphatic carbocycles. The van der Waals surface area contributed by atoms with E-state index in [1.807, 2.05) is 0 Å². The number of amides is 2. The van der Waals surface area contributed by atoms with Crippen LogP contribution >= 0.6 is 0 Å². The van der Waals surface area contributed by atoms with Crippen LogP contribution in [0.2, 0.25) is 0 Å². The fourth-order valence-electron chi connectivity index (χ4n) is 3.01. The lowest BCUT2D eigenvalue weighted by Gasteiger charge is -2.33. The van der Waals surface area contributed by atoms with Crippen molar-refractivity contribution in [2.45, 2.75) is 25.8 Å². The molecular weight excluding hydrogens is 340 g/mol. The van der Waals surface area contributed by atoms with Gasteiger partial charge in [-0.15, -0.1) is 0 Å². The zero-order valence-corrected chi connectivity index (χ0v) is 15.7. The second kappa shape index (κ2) is 9.17. The highest BCUT2D eigenvalue weighted by Crippen LogP contribution is 2.38. The number of carbonyl (C=O) groups excluding carboxylic acids is 2. The Bertz CT molecular complexity index is 624. The van der Waals surface area contributed by atoms with Crippen LogP contribution < -0.4 is 19.5 Å². The largest absolute Gasteiger partial charge is 0.493 e. The molecule has 1 N–H and O–H groups in total. The molecule has 1 unspecified atom stereocenters. The highest BCUT2D eigenvalue weighted by Gasteiger charge is 2.27. The molecule has 1 aromatic carbocycles. The van der Waals surface area contributed by atoms with E-state index in [4.69, 9.17) is 18.9 Å². The molecule has 2 amide bonds. The number of hydrogen-bond donors (Lipinski definition) is 1. The van der Waals surface area contributed by atoms with Gasteiger partial charge in [-0.2, -0.15) is 0 Å². The van der Waals surface area contributed by atoms with Gasteiger partial charge < -0.3 is 29.2 Å². The first kappa shape index (κ1) is 19.7. The van der Waals surface area contributed by atoms with Gasteiger partial charge in [0.25, 0.3) is 5.91 Å². The number of ether oxygens (including phenoxy) is 4. The maximum absolute atomic E-state index is 12.9. The first-order valence-corrected chi connectivity index (χ1v) is 8.56. The van der Waals surface area contributed by atoms with E-state index >= 15 is 0 Å². The van der Waals surface area contributed by atoms with Crippen molar-refractivity contribution >= 4 is 12.0 Å². The third-order valence-corrected chi connectivity index (χ3v) is 4.22. The van der Waals surface area contributed by atoms with Crippen molar-refractivity contribution in [3.63, 3.8) is 0 Å². The number of rotatable bonds is 6. The van der Waals surface area contributed by atoms with Gasteiger partial charge in [0.05, 0.1) is 27.9 Å². The molecule has 1 aliphatic heterocycles. The lowest BCUT2D eigenvalue weighted by atomic mass is 10.0. The number of benzene rings is 1. The van der Waals surface area contributed by atoms with Gasteiger partial charge in [0, 0.05) is 24.7 Å². The number of nitrogens with one attached hydrogen (secondary N) is 1. The highest BCUT2D eigenvalue weighted by atomic mass is 16.5. The van der Waals surface area contributed by atoms with Crippen LogP contribution in [0.4, 0.5) is 4.79 Å². The SMILES string of the molecule is CCOC(=O)NC1CCCN(C(=O)c2cc(OC)c(OC)c(OC)c2)C1. The maximum atomic E-state index is 12.9. The van der Waals surface area contributed by atoms with Gasteiger partial charge in [-0.05, 0) is 31.9 Å². The minimum atomic E-state index is -0.459. The summed E-state index contributed by atoms with van der Waals surface area (Å²) in [6.45, 7) is 3.11. The van der Waals surface area contributed by atoms with E-state index in [9.17, 15) is 9.59 Å². The molecule has 0 spiro atoms. The Kier molecular flexibility index (Phi) is 6.94. The molecule has 1 saturated heterocycles. The first-order chi connectivity index (χ1) is 12.5. The topological polar surface area (TPSA) is 86.3 Å². The Morgan fingerprint density at radius 1 is 1.15 bits per heavy atom. The minimum absolute atomic E-state index is 0.131. The molecule has 8 heteroatoms. The number of methoxy groups -OCH3 is 3. The third kappa shape index (κ3) is 4.50. The standard InChI is InChI=1S/C18H26N2O6/c1-5-26-18(22)19-13-7-6-8-20(11-13)17(21)12-9-14(23-2)16(25-4)15(10-12)24-3/h9-10,13H,5-8,11H2,1-4H3,(H,19,22). The van der Waals surface area contributed by atoms with Gasteiger partial charge in [0.15, 0.2) is 11.5 Å². The number of likely N-dealkylation sites (tertiary alicyclic amines) is 1. The Morgan fingerprint density at radius 2 is 1.81 bits per heavy atom. The lowest BCUT2D eigenvalue weighted by Crippen LogP contribution is -2.49. The van der Waals surface area contributed by atoms with Gasteiger partial charge in [-0.25, -0.2) is 4.79 Å². The van der Waals surface area contributed by atoms with Crippen molar-refractivity contribution in [1.29, 1.82) is 0 Å². The average molecular weight is 366 g/mol. The Labute approximate surface area is 153 Å². The molecule has 0 aromatic heterocycles. The summed E-state index contributed by atoms with van der Waals surface area (Å²) >= 11 is 0. The quantitative estimate of drug-likeness (QED) is 0.829. The normalized spacial score (nSPS) is 16.6. The molecular formula is C18H26N2O6. The van der Waals surface area contributed by atoms with E-state index in [0.29, 0.717) is 42.5 Å². The van der Waals surface area contributed by atoms with Crippen molar-refractivity contribution in [2.24, 2.45) is 0 Å². The van der Waals surface area contributed by atoms with Crippen LogP contribution in [-0.4, -0.2) is 64.0 Å². The number of hydrogen-bond acceptors (Lipinski definition) is 6. The number of alkyl carbamates (subject to hydrolysis) is 1. The monoisotopic (exact) mass is 366 g/mol. The Balaban J connectivity index is 2.16. The maximum Gasteiger partial charge on any atom is 0.407 e. The summed E-state index contributed by atoms with van der Waals surface area (Å²) in [5.41, 5.74) is 0.441. The average Bonchev–Trinajstić information content (AvgIpc) is 2.66. The molecule has 1 atom stereocenters. The summed E-state index contributed by atoms with van der Waals surface area (Å²) in [6, 6.07) is 3.13. The summed E-state index contributed by atoms with van der Waals surface area (Å²) < 4.78 is 20.8. The van der Waals surface area contributed by atoms with Crippen LogP contribution in [0.25, 0.3) is 0 Å². The van der Waals surface area contributed by atoms with Crippen LogP contribution in [0.5, 0.6) is 17.2 Å². The summed E-state index contributed by atoms with van der Waals surface area (Å²) in [7, 11) is 4.52. The fraction of sp³-hybridized carbons (Fsp3) is 0.556. The molecule has 2 rings (SSSR count). The molecule has 0 saturated carbocycles. The van der Waals surface area contributed by atoms with E-state index in [0.717, 1.165) is 12.8 Å². The van der Waals surface area contributed by atoms with E-state index in [-0.39, 0.29) is 11.9 Å². The van der Waals surface area contributed by atoms with Gasteiger partial charge in [0.2, 0.25) is 5.75 Å². The van der Waals surface area contributed by atoms with Crippen molar-refractivity contribution in [1.82, 2.24) is 10.2 Å². The minimum Gasteiger partial charge on any atom is -0.493 e. The second-order valence-electron chi connectivity index (χ2n) is 5.87. The predicted molar refractivity (Wildman–Crippen MR) is 95.2 cm³/mol. The van der Waals surface area contributed by atoms with Gasteiger partial charge in [-0.1, -0.05) is 0 Å². The van der Waals surface area contributed by atoms with Crippen LogP contribution in [0, 0.1) is 0 Å². The second-order valence-corrected chi connectivity index (χ2v) is 5.87. The molecule has 1 aromatic rings. The number of piperidine rings is 1.